The molecule has 1 aromatic heterocycles. The van der Waals surface area contributed by atoms with Crippen LogP contribution < -0.4 is 5.32 Å². The van der Waals surface area contributed by atoms with Crippen LogP contribution in [0.25, 0.3) is 10.9 Å². The largest absolute Gasteiger partial charge is 0.478 e. The Hall–Kier alpha value is -3.49. The Kier molecular flexibility index (Phi) is 7.33. The van der Waals surface area contributed by atoms with E-state index in [0.717, 1.165) is 37.2 Å². The number of hydrogen-bond acceptors (Lipinski definition) is 6. The van der Waals surface area contributed by atoms with Crippen molar-refractivity contribution in [1.82, 2.24) is 9.88 Å². The molecular formula is C26H26ClN3O5. The maximum atomic E-state index is 13.4. The van der Waals surface area contributed by atoms with E-state index in [2.05, 4.69) is 17.1 Å². The Labute approximate surface area is 207 Å². The van der Waals surface area contributed by atoms with Crippen LogP contribution in [0.5, 0.6) is 0 Å². The average Bonchev–Trinajstić information content (AvgIpc) is 2.83. The highest BCUT2D eigenvalue weighted by Gasteiger charge is 2.28. The number of fused-ring (bicyclic) bond motifs is 2. The van der Waals surface area contributed by atoms with Crippen LogP contribution in [0.4, 0.5) is 5.69 Å². The monoisotopic (exact) mass is 495 g/mol. The molecule has 3 aromatic rings. The summed E-state index contributed by atoms with van der Waals surface area (Å²) in [4.78, 5) is 44.5. The molecule has 0 aliphatic carbocycles. The molecule has 0 saturated heterocycles. The number of esters is 1. The van der Waals surface area contributed by atoms with Gasteiger partial charge in [-0.15, -0.1) is 0 Å². The van der Waals surface area contributed by atoms with Crippen LogP contribution in [-0.2, 0) is 22.5 Å². The number of benzene rings is 2. The molecule has 1 unspecified atom stereocenters. The van der Waals surface area contributed by atoms with Crippen molar-refractivity contribution < 1.29 is 24.2 Å². The Morgan fingerprint density at radius 3 is 2.74 bits per heavy atom. The topological polar surface area (TPSA) is 109 Å². The number of carboxylic acid groups (broad SMARTS) is 1. The number of amides is 1. The van der Waals surface area contributed by atoms with E-state index in [1.165, 1.54) is 25.1 Å². The number of anilines is 1. The average molecular weight is 496 g/mol. The van der Waals surface area contributed by atoms with Crippen LogP contribution >= 0.6 is 11.6 Å². The minimum atomic E-state index is -1.21. The van der Waals surface area contributed by atoms with Gasteiger partial charge in [-0.2, -0.15) is 0 Å². The smallest absolute Gasteiger partial charge is 0.339 e. The standard InChI is InChI=1S/C26H26ClN3O5/c1-3-11-30-12-10-22-19(14-30)23(17-6-4-5-7-21(17)29-22)26(34)35-15(2)24(31)28-16-8-9-20(27)18(13-16)25(32)33/h4-9,13,15H,3,10-12,14H2,1-2H3,(H,28,31)(H,32,33). The maximum Gasteiger partial charge on any atom is 0.339 e. The van der Waals surface area contributed by atoms with Gasteiger partial charge in [-0.1, -0.05) is 36.7 Å². The van der Waals surface area contributed by atoms with Crippen LogP contribution in [-0.4, -0.2) is 52.0 Å². The summed E-state index contributed by atoms with van der Waals surface area (Å²) in [6.45, 7) is 5.97. The second-order valence-electron chi connectivity index (χ2n) is 8.49. The molecular weight excluding hydrogens is 470 g/mol. The van der Waals surface area contributed by atoms with Gasteiger partial charge >= 0.3 is 11.9 Å². The highest BCUT2D eigenvalue weighted by atomic mass is 35.5. The number of aromatic nitrogens is 1. The predicted molar refractivity (Wildman–Crippen MR) is 133 cm³/mol. The van der Waals surface area contributed by atoms with Crippen molar-refractivity contribution in [1.29, 1.82) is 0 Å². The van der Waals surface area contributed by atoms with Gasteiger partial charge in [-0.05, 0) is 44.2 Å². The number of aromatic carboxylic acids is 1. The van der Waals surface area contributed by atoms with E-state index in [1.54, 1.807) is 0 Å². The summed E-state index contributed by atoms with van der Waals surface area (Å²) >= 11 is 5.89. The summed E-state index contributed by atoms with van der Waals surface area (Å²) in [6, 6.07) is 11.5. The lowest BCUT2D eigenvalue weighted by Gasteiger charge is -2.29. The van der Waals surface area contributed by atoms with Gasteiger partial charge in [0.1, 0.15) is 0 Å². The number of nitrogens with zero attached hydrogens (tertiary/aromatic N) is 2. The van der Waals surface area contributed by atoms with E-state index in [-0.39, 0.29) is 16.3 Å². The lowest BCUT2D eigenvalue weighted by atomic mass is 9.95. The molecule has 9 heteroatoms. The first-order valence-electron chi connectivity index (χ1n) is 11.5. The first kappa shape index (κ1) is 24.6. The number of carbonyl (C=O) groups excluding carboxylic acids is 2. The van der Waals surface area contributed by atoms with Crippen molar-refractivity contribution in [2.75, 3.05) is 18.4 Å². The molecule has 182 valence electrons. The SMILES string of the molecule is CCCN1CCc2nc3ccccc3c(C(=O)OC(C)C(=O)Nc3ccc(Cl)c(C(=O)O)c3)c2C1. The quantitative estimate of drug-likeness (QED) is 0.463. The molecule has 1 atom stereocenters. The van der Waals surface area contributed by atoms with E-state index < -0.39 is 23.9 Å². The number of ether oxygens (including phenoxy) is 1. The number of para-hydroxylation sites is 1. The van der Waals surface area contributed by atoms with Crippen molar-refractivity contribution in [3.8, 4) is 0 Å². The normalized spacial score (nSPS) is 14.3. The van der Waals surface area contributed by atoms with Crippen LogP contribution in [0.2, 0.25) is 5.02 Å². The predicted octanol–water partition coefficient (Wildman–Crippen LogP) is 4.54. The molecule has 0 radical (unpaired) electrons. The molecule has 1 aliphatic rings. The van der Waals surface area contributed by atoms with Crippen LogP contribution in [0, 0.1) is 0 Å². The van der Waals surface area contributed by atoms with Crippen molar-refractivity contribution in [2.24, 2.45) is 0 Å². The third-order valence-electron chi connectivity index (χ3n) is 5.99. The molecule has 1 amide bonds. The van der Waals surface area contributed by atoms with E-state index in [9.17, 15) is 19.5 Å². The molecule has 1 aliphatic heterocycles. The summed E-state index contributed by atoms with van der Waals surface area (Å²) in [6.07, 6.45) is 0.616. The van der Waals surface area contributed by atoms with Crippen LogP contribution in [0.1, 0.15) is 52.2 Å². The molecule has 2 N–H and O–H groups in total. The zero-order valence-electron chi connectivity index (χ0n) is 19.5. The molecule has 35 heavy (non-hydrogen) atoms. The highest BCUT2D eigenvalue weighted by Crippen LogP contribution is 2.29. The van der Waals surface area contributed by atoms with E-state index in [0.29, 0.717) is 23.0 Å². The second-order valence-corrected chi connectivity index (χ2v) is 8.90. The highest BCUT2D eigenvalue weighted by molar-refractivity contribution is 6.33. The summed E-state index contributed by atoms with van der Waals surface area (Å²) < 4.78 is 5.60. The first-order valence-corrected chi connectivity index (χ1v) is 11.8. The minimum Gasteiger partial charge on any atom is -0.478 e. The fourth-order valence-electron chi connectivity index (χ4n) is 4.27. The van der Waals surface area contributed by atoms with E-state index in [1.807, 2.05) is 24.3 Å². The lowest BCUT2D eigenvalue weighted by Crippen LogP contribution is -2.34. The van der Waals surface area contributed by atoms with Gasteiger partial charge in [-0.25, -0.2) is 9.59 Å². The van der Waals surface area contributed by atoms with Gasteiger partial charge in [-0.3, -0.25) is 14.7 Å². The lowest BCUT2D eigenvalue weighted by molar-refractivity contribution is -0.123. The summed E-state index contributed by atoms with van der Waals surface area (Å²) in [7, 11) is 0. The molecule has 4 rings (SSSR count). The molecule has 2 aromatic carbocycles. The minimum absolute atomic E-state index is 0.0569. The number of halogens is 1. The number of nitrogens with one attached hydrogen (secondary N) is 1. The summed E-state index contributed by atoms with van der Waals surface area (Å²) in [5.74, 6) is -2.39. The molecule has 0 saturated carbocycles. The molecule has 8 nitrogen and oxygen atoms in total. The molecule has 0 fully saturated rings. The van der Waals surface area contributed by atoms with Gasteiger partial charge in [0.25, 0.3) is 5.91 Å². The van der Waals surface area contributed by atoms with Gasteiger partial charge in [0.05, 0.1) is 21.7 Å². The number of hydrogen-bond donors (Lipinski definition) is 2. The molecule has 0 bridgehead atoms. The number of pyridine rings is 1. The fourth-order valence-corrected chi connectivity index (χ4v) is 4.47. The first-order chi connectivity index (χ1) is 16.8. The summed E-state index contributed by atoms with van der Waals surface area (Å²) in [5.41, 5.74) is 2.96. The van der Waals surface area contributed by atoms with Crippen molar-refractivity contribution >= 4 is 46.0 Å². The van der Waals surface area contributed by atoms with Gasteiger partial charge < -0.3 is 15.2 Å². The number of rotatable bonds is 7. The Balaban J connectivity index is 1.59. The maximum absolute atomic E-state index is 13.4. The number of carboxylic acids is 1. The third-order valence-corrected chi connectivity index (χ3v) is 6.32. The van der Waals surface area contributed by atoms with Crippen LogP contribution in [0.15, 0.2) is 42.5 Å². The van der Waals surface area contributed by atoms with Gasteiger partial charge in [0, 0.05) is 41.8 Å². The Morgan fingerprint density at radius 1 is 1.23 bits per heavy atom. The van der Waals surface area contributed by atoms with Crippen molar-refractivity contribution in [2.45, 2.75) is 39.3 Å². The van der Waals surface area contributed by atoms with Crippen molar-refractivity contribution in [3.63, 3.8) is 0 Å². The van der Waals surface area contributed by atoms with Gasteiger partial charge in [0.15, 0.2) is 6.10 Å². The zero-order chi connectivity index (χ0) is 25.1. The molecule has 2 heterocycles. The molecule has 0 spiro atoms. The van der Waals surface area contributed by atoms with Crippen LogP contribution in [0.3, 0.4) is 0 Å². The summed E-state index contributed by atoms with van der Waals surface area (Å²) in [5, 5.41) is 12.6. The van der Waals surface area contributed by atoms with Gasteiger partial charge in [0.2, 0.25) is 0 Å². The fraction of sp³-hybridized carbons (Fsp3) is 0.308. The zero-order valence-corrected chi connectivity index (χ0v) is 20.3. The Morgan fingerprint density at radius 2 is 2.00 bits per heavy atom. The Bertz CT molecular complexity index is 1310. The van der Waals surface area contributed by atoms with E-state index in [4.69, 9.17) is 21.3 Å². The second kappa shape index (κ2) is 10.4. The third kappa shape index (κ3) is 5.28. The number of carbonyl (C=O) groups is 3. The van der Waals surface area contributed by atoms with Crippen molar-refractivity contribution in [3.05, 3.63) is 69.9 Å². The van der Waals surface area contributed by atoms with E-state index >= 15 is 0 Å².